The molecular formula is C14H19N5O3S2. The molecule has 1 aliphatic heterocycles. The smallest absolute Gasteiger partial charge is 0.270 e. The molecule has 0 unspecified atom stereocenters. The summed E-state index contributed by atoms with van der Waals surface area (Å²) in [7, 11) is -1.33. The molecule has 1 fully saturated rings. The van der Waals surface area contributed by atoms with Gasteiger partial charge in [0, 0.05) is 43.3 Å². The van der Waals surface area contributed by atoms with Crippen LogP contribution in [0.25, 0.3) is 10.6 Å². The van der Waals surface area contributed by atoms with E-state index < -0.39 is 10.0 Å². The third-order valence-corrected chi connectivity index (χ3v) is 6.14. The minimum atomic E-state index is -3.15. The first kappa shape index (κ1) is 17.1. The van der Waals surface area contributed by atoms with Gasteiger partial charge in [-0.15, -0.1) is 11.3 Å². The van der Waals surface area contributed by atoms with E-state index in [1.807, 2.05) is 13.2 Å². The molecule has 1 saturated heterocycles. The van der Waals surface area contributed by atoms with Crippen LogP contribution in [0.3, 0.4) is 0 Å². The highest BCUT2D eigenvalue weighted by Crippen LogP contribution is 2.23. The van der Waals surface area contributed by atoms with Crippen LogP contribution < -0.4 is 5.32 Å². The van der Waals surface area contributed by atoms with Gasteiger partial charge in [0.15, 0.2) is 0 Å². The molecule has 0 radical (unpaired) electrons. The van der Waals surface area contributed by atoms with Crippen LogP contribution in [0.1, 0.15) is 23.3 Å². The number of hydrogen-bond acceptors (Lipinski definition) is 6. The number of piperidine rings is 1. The molecule has 1 N–H and O–H groups in total. The van der Waals surface area contributed by atoms with E-state index in [1.165, 1.54) is 21.9 Å². The molecule has 0 saturated carbocycles. The summed E-state index contributed by atoms with van der Waals surface area (Å²) in [6.45, 7) is 0.865. The van der Waals surface area contributed by atoms with E-state index in [1.54, 1.807) is 16.3 Å². The van der Waals surface area contributed by atoms with Gasteiger partial charge in [0.2, 0.25) is 10.0 Å². The van der Waals surface area contributed by atoms with E-state index in [-0.39, 0.29) is 11.9 Å². The molecular weight excluding hydrogens is 350 g/mol. The van der Waals surface area contributed by atoms with E-state index in [2.05, 4.69) is 15.4 Å². The van der Waals surface area contributed by atoms with E-state index >= 15 is 0 Å². The lowest BCUT2D eigenvalue weighted by atomic mass is 10.1. The van der Waals surface area contributed by atoms with Crippen molar-refractivity contribution < 1.29 is 13.2 Å². The maximum atomic E-state index is 12.3. The van der Waals surface area contributed by atoms with E-state index in [0.717, 1.165) is 10.6 Å². The molecule has 0 aliphatic carbocycles. The average Bonchev–Trinajstić information content (AvgIpc) is 3.15. The zero-order chi connectivity index (χ0) is 17.3. The first-order valence-corrected chi connectivity index (χ1v) is 10.3. The maximum absolute atomic E-state index is 12.3. The molecule has 0 spiro atoms. The third kappa shape index (κ3) is 3.82. The summed E-state index contributed by atoms with van der Waals surface area (Å²) in [6.07, 6.45) is 5.99. The number of sulfonamides is 1. The van der Waals surface area contributed by atoms with Gasteiger partial charge < -0.3 is 5.32 Å². The van der Waals surface area contributed by atoms with Crippen LogP contribution in [0, 0.1) is 0 Å². The number of carbonyl (C=O) groups excluding carboxylic acids is 1. The summed E-state index contributed by atoms with van der Waals surface area (Å²) < 4.78 is 26.1. The Hall–Kier alpha value is -1.78. The van der Waals surface area contributed by atoms with Gasteiger partial charge in [-0.05, 0) is 12.8 Å². The second kappa shape index (κ2) is 6.61. The SMILES string of the molecule is Cn1cc(-c2nc(C(=O)NC3CCN(S(C)(=O)=O)CC3)cs2)cn1. The van der Waals surface area contributed by atoms with E-state index in [0.29, 0.717) is 31.6 Å². The van der Waals surface area contributed by atoms with Gasteiger partial charge in [0.05, 0.1) is 12.5 Å². The van der Waals surface area contributed by atoms with Crippen LogP contribution in [-0.4, -0.2) is 58.8 Å². The second-order valence-electron chi connectivity index (χ2n) is 5.85. The van der Waals surface area contributed by atoms with Gasteiger partial charge in [-0.25, -0.2) is 17.7 Å². The molecule has 0 aromatic carbocycles. The number of aromatic nitrogens is 3. The minimum absolute atomic E-state index is 0.0287. The van der Waals surface area contributed by atoms with Crippen LogP contribution in [0.4, 0.5) is 0 Å². The lowest BCUT2D eigenvalue weighted by Gasteiger charge is -2.30. The number of nitrogens with one attached hydrogen (secondary N) is 1. The zero-order valence-electron chi connectivity index (χ0n) is 13.5. The highest BCUT2D eigenvalue weighted by molar-refractivity contribution is 7.88. The van der Waals surface area contributed by atoms with Crippen LogP contribution in [0.2, 0.25) is 0 Å². The Morgan fingerprint density at radius 1 is 1.38 bits per heavy atom. The molecule has 130 valence electrons. The van der Waals surface area contributed by atoms with Crippen molar-refractivity contribution in [2.75, 3.05) is 19.3 Å². The lowest BCUT2D eigenvalue weighted by Crippen LogP contribution is -2.46. The van der Waals surface area contributed by atoms with Crippen molar-refractivity contribution in [2.45, 2.75) is 18.9 Å². The molecule has 1 amide bonds. The molecule has 3 heterocycles. The summed E-state index contributed by atoms with van der Waals surface area (Å²) in [5.74, 6) is -0.223. The topological polar surface area (TPSA) is 97.2 Å². The van der Waals surface area contributed by atoms with Crippen LogP contribution in [-0.2, 0) is 17.1 Å². The van der Waals surface area contributed by atoms with Crippen molar-refractivity contribution in [1.82, 2.24) is 24.4 Å². The van der Waals surface area contributed by atoms with Crippen molar-refractivity contribution in [3.05, 3.63) is 23.5 Å². The highest BCUT2D eigenvalue weighted by Gasteiger charge is 2.26. The molecule has 1 aliphatic rings. The van der Waals surface area contributed by atoms with Gasteiger partial charge in [-0.2, -0.15) is 5.10 Å². The summed E-state index contributed by atoms with van der Waals surface area (Å²) in [5.41, 5.74) is 1.26. The zero-order valence-corrected chi connectivity index (χ0v) is 15.1. The maximum Gasteiger partial charge on any atom is 0.270 e. The van der Waals surface area contributed by atoms with Crippen LogP contribution >= 0.6 is 11.3 Å². The Bertz CT molecular complexity index is 834. The number of rotatable bonds is 4. The van der Waals surface area contributed by atoms with E-state index in [4.69, 9.17) is 0 Å². The Balaban J connectivity index is 1.59. The van der Waals surface area contributed by atoms with Gasteiger partial charge >= 0.3 is 0 Å². The predicted octanol–water partition coefficient (Wildman–Crippen LogP) is 0.697. The summed E-state index contributed by atoms with van der Waals surface area (Å²) in [4.78, 5) is 16.7. The van der Waals surface area contributed by atoms with E-state index in [9.17, 15) is 13.2 Å². The number of carbonyl (C=O) groups is 1. The number of nitrogens with zero attached hydrogens (tertiary/aromatic N) is 4. The molecule has 0 atom stereocenters. The van der Waals surface area contributed by atoms with Crippen molar-refractivity contribution >= 4 is 27.3 Å². The molecule has 0 bridgehead atoms. The van der Waals surface area contributed by atoms with Crippen molar-refractivity contribution in [3.63, 3.8) is 0 Å². The largest absolute Gasteiger partial charge is 0.348 e. The second-order valence-corrected chi connectivity index (χ2v) is 8.69. The molecule has 10 heteroatoms. The third-order valence-electron chi connectivity index (χ3n) is 3.95. The fraction of sp³-hybridized carbons (Fsp3) is 0.500. The lowest BCUT2D eigenvalue weighted by molar-refractivity contribution is 0.0919. The van der Waals surface area contributed by atoms with Crippen LogP contribution in [0.5, 0.6) is 0 Å². The fourth-order valence-corrected chi connectivity index (χ4v) is 4.28. The predicted molar refractivity (Wildman–Crippen MR) is 91.2 cm³/mol. The Kier molecular flexibility index (Phi) is 4.70. The van der Waals surface area contributed by atoms with Crippen molar-refractivity contribution in [1.29, 1.82) is 0 Å². The van der Waals surface area contributed by atoms with Crippen LogP contribution in [0.15, 0.2) is 17.8 Å². The quantitative estimate of drug-likeness (QED) is 0.855. The standard InChI is InChI=1S/C14H19N5O3S2/c1-18-8-10(7-15-18)14-17-12(9-23-14)13(20)16-11-3-5-19(6-4-11)24(2,21)22/h7-9,11H,3-6H2,1-2H3,(H,16,20). The van der Waals surface area contributed by atoms with Gasteiger partial charge in [-0.3, -0.25) is 9.48 Å². The average molecular weight is 369 g/mol. The first-order valence-electron chi connectivity index (χ1n) is 7.53. The minimum Gasteiger partial charge on any atom is -0.348 e. The molecule has 8 nitrogen and oxygen atoms in total. The fourth-order valence-electron chi connectivity index (χ4n) is 2.63. The van der Waals surface area contributed by atoms with Crippen molar-refractivity contribution in [3.8, 4) is 10.6 Å². The Morgan fingerprint density at radius 2 is 2.08 bits per heavy atom. The van der Waals surface area contributed by atoms with Gasteiger partial charge in [-0.1, -0.05) is 0 Å². The van der Waals surface area contributed by atoms with Crippen molar-refractivity contribution in [2.24, 2.45) is 7.05 Å². The summed E-state index contributed by atoms with van der Waals surface area (Å²) in [5, 5.41) is 9.51. The van der Waals surface area contributed by atoms with Gasteiger partial charge in [0.25, 0.3) is 5.91 Å². The normalized spacial score (nSPS) is 17.1. The highest BCUT2D eigenvalue weighted by atomic mass is 32.2. The molecule has 24 heavy (non-hydrogen) atoms. The summed E-state index contributed by atoms with van der Waals surface area (Å²) in [6, 6.07) is -0.0287. The number of hydrogen-bond donors (Lipinski definition) is 1. The molecule has 2 aromatic rings. The molecule has 3 rings (SSSR count). The number of amides is 1. The Labute approximate surface area is 144 Å². The monoisotopic (exact) mass is 369 g/mol. The van der Waals surface area contributed by atoms with Gasteiger partial charge in [0.1, 0.15) is 10.7 Å². The first-order chi connectivity index (χ1) is 11.3. The number of thiazole rings is 1. The molecule has 2 aromatic heterocycles. The number of aryl methyl sites for hydroxylation is 1. The summed E-state index contributed by atoms with van der Waals surface area (Å²) >= 11 is 1.40. The Morgan fingerprint density at radius 3 is 2.67 bits per heavy atom.